The van der Waals surface area contributed by atoms with Crippen molar-refractivity contribution in [1.29, 1.82) is 0 Å². The summed E-state index contributed by atoms with van der Waals surface area (Å²) in [6.45, 7) is 14.7. The number of hydrazone groups is 1. The second kappa shape index (κ2) is 12.4. The maximum absolute atomic E-state index is 14.2. The third kappa shape index (κ3) is 6.04. The van der Waals surface area contributed by atoms with Gasteiger partial charge in [0.2, 0.25) is 0 Å². The van der Waals surface area contributed by atoms with Crippen LogP contribution in [-0.4, -0.2) is 82.3 Å². The standard InChI is InChI=1S/C31H47FN4O2/c1-7-28-21(5)30(36(8-2)33-28)22-12-14-35(15-13-22)19-24-17-26(34(6)29(20(3)4)31(37)38)18-27(24)23-10-9-11-25(32)16-23/h9-11,16,20-22,24,26-27,29H,7-8,12-15,17-19H2,1-6H3/p+1/t21?,24-,26+,27-,29-/m1/s1. The Bertz CT molecular complexity index is 1050. The van der Waals surface area contributed by atoms with Crippen LogP contribution in [0.1, 0.15) is 78.2 Å². The minimum Gasteiger partial charge on any atom is -0.480 e. The van der Waals surface area contributed by atoms with E-state index in [4.69, 9.17) is 5.10 Å². The molecule has 0 spiro atoms. The molecule has 1 N–H and O–H groups in total. The third-order valence-electron chi connectivity index (χ3n) is 9.50. The van der Waals surface area contributed by atoms with E-state index >= 15 is 0 Å². The van der Waals surface area contributed by atoms with E-state index in [0.29, 0.717) is 17.8 Å². The highest BCUT2D eigenvalue weighted by Crippen LogP contribution is 2.43. The molecular formula is C31H48FN4O2+. The maximum Gasteiger partial charge on any atom is 0.321 e. The second-order valence-electron chi connectivity index (χ2n) is 12.1. The van der Waals surface area contributed by atoms with Crippen molar-refractivity contribution in [2.75, 3.05) is 33.2 Å². The maximum atomic E-state index is 14.2. The zero-order valence-corrected chi connectivity index (χ0v) is 24.2. The van der Waals surface area contributed by atoms with Crippen LogP contribution in [0.5, 0.6) is 0 Å². The van der Waals surface area contributed by atoms with Crippen LogP contribution in [-0.2, 0) is 4.79 Å². The molecule has 0 aromatic heterocycles. The van der Waals surface area contributed by atoms with Gasteiger partial charge < -0.3 is 10.0 Å². The van der Waals surface area contributed by atoms with Gasteiger partial charge in [0.15, 0.2) is 12.3 Å². The minimum atomic E-state index is -0.759. The van der Waals surface area contributed by atoms with Crippen molar-refractivity contribution < 1.29 is 19.0 Å². The zero-order valence-electron chi connectivity index (χ0n) is 24.2. The molecule has 2 fully saturated rings. The van der Waals surface area contributed by atoms with Gasteiger partial charge in [-0.15, -0.1) is 0 Å². The Balaban J connectivity index is 1.46. The molecule has 38 heavy (non-hydrogen) atoms. The summed E-state index contributed by atoms with van der Waals surface area (Å²) in [5.74, 6) is 0.714. The van der Waals surface area contributed by atoms with Crippen molar-refractivity contribution in [3.63, 3.8) is 0 Å². The first kappa shape index (κ1) is 28.9. The van der Waals surface area contributed by atoms with Gasteiger partial charge in [-0.05, 0) is 107 Å². The molecule has 1 saturated heterocycles. The lowest BCUT2D eigenvalue weighted by atomic mass is 9.83. The van der Waals surface area contributed by atoms with Crippen LogP contribution < -0.4 is 0 Å². The SMILES string of the molecule is CCC1=N[N+](CC)=C(C2CCN(C[C@H]3C[C@H](N(C)[C@@H](C(=O)O)C(C)C)C[C@@H]3c3cccc(F)c3)CC2)C1C. The van der Waals surface area contributed by atoms with E-state index in [9.17, 15) is 14.3 Å². The molecule has 1 unspecified atom stereocenters. The predicted octanol–water partition coefficient (Wildman–Crippen LogP) is 5.33. The van der Waals surface area contributed by atoms with Gasteiger partial charge in [0.1, 0.15) is 11.9 Å². The zero-order chi connectivity index (χ0) is 27.6. The summed E-state index contributed by atoms with van der Waals surface area (Å²) in [6.07, 6.45) is 5.13. The first-order valence-corrected chi connectivity index (χ1v) is 14.8. The first-order chi connectivity index (χ1) is 18.1. The Morgan fingerprint density at radius 1 is 1.24 bits per heavy atom. The molecule has 6 nitrogen and oxygen atoms in total. The molecular weight excluding hydrogens is 479 g/mol. The number of carboxylic acids is 1. The first-order valence-electron chi connectivity index (χ1n) is 14.8. The summed E-state index contributed by atoms with van der Waals surface area (Å²) in [5, 5.41) is 14.8. The van der Waals surface area contributed by atoms with Gasteiger partial charge in [-0.25, -0.2) is 4.39 Å². The van der Waals surface area contributed by atoms with E-state index in [2.05, 4.69) is 41.3 Å². The van der Waals surface area contributed by atoms with Crippen molar-refractivity contribution in [1.82, 2.24) is 9.80 Å². The molecule has 7 heteroatoms. The largest absolute Gasteiger partial charge is 0.480 e. The summed E-state index contributed by atoms with van der Waals surface area (Å²) in [6, 6.07) is 6.72. The second-order valence-corrected chi connectivity index (χ2v) is 12.1. The number of aliphatic carboxylic acids is 1. The predicted molar refractivity (Wildman–Crippen MR) is 152 cm³/mol. The lowest BCUT2D eigenvalue weighted by Crippen LogP contribution is -2.47. The van der Waals surface area contributed by atoms with Crippen molar-refractivity contribution in [3.05, 3.63) is 35.6 Å². The molecule has 4 rings (SSSR count). The Morgan fingerprint density at radius 2 is 1.95 bits per heavy atom. The number of rotatable bonds is 10. The smallest absolute Gasteiger partial charge is 0.321 e. The number of hydrogen-bond acceptors (Lipinski definition) is 4. The average molecular weight is 528 g/mol. The number of benzene rings is 1. The highest BCUT2D eigenvalue weighted by Gasteiger charge is 2.43. The Kier molecular flexibility index (Phi) is 9.40. The molecule has 0 radical (unpaired) electrons. The van der Waals surface area contributed by atoms with Gasteiger partial charge in [0.25, 0.3) is 0 Å². The van der Waals surface area contributed by atoms with Gasteiger partial charge in [-0.3, -0.25) is 9.69 Å². The summed E-state index contributed by atoms with van der Waals surface area (Å²) in [7, 11) is 1.96. The monoisotopic (exact) mass is 527 g/mol. The lowest BCUT2D eigenvalue weighted by Gasteiger charge is -2.35. The van der Waals surface area contributed by atoms with Crippen LogP contribution >= 0.6 is 0 Å². The molecule has 2 heterocycles. The Morgan fingerprint density at radius 3 is 2.53 bits per heavy atom. The van der Waals surface area contributed by atoms with Gasteiger partial charge in [-0.1, -0.05) is 37.6 Å². The molecule has 5 atom stereocenters. The van der Waals surface area contributed by atoms with Crippen LogP contribution in [0.2, 0.25) is 0 Å². The third-order valence-corrected chi connectivity index (χ3v) is 9.50. The fourth-order valence-corrected chi connectivity index (χ4v) is 7.56. The van der Waals surface area contributed by atoms with E-state index in [1.807, 2.05) is 27.0 Å². The Hall–Kier alpha value is -2.12. The molecule has 1 saturated carbocycles. The normalized spacial score (nSPS) is 28.0. The number of carboxylic acid groups (broad SMARTS) is 1. The molecule has 1 aromatic rings. The summed E-state index contributed by atoms with van der Waals surface area (Å²) in [5.41, 5.74) is 3.87. The fraction of sp³-hybridized carbons (Fsp3) is 0.710. The van der Waals surface area contributed by atoms with Gasteiger partial charge >= 0.3 is 5.97 Å². The number of piperidine rings is 1. The van der Waals surface area contributed by atoms with E-state index in [-0.39, 0.29) is 23.7 Å². The number of carbonyl (C=O) groups is 1. The molecule has 210 valence electrons. The van der Waals surface area contributed by atoms with E-state index in [0.717, 1.165) is 63.8 Å². The summed E-state index contributed by atoms with van der Waals surface area (Å²) >= 11 is 0. The van der Waals surface area contributed by atoms with Crippen molar-refractivity contribution in [2.45, 2.75) is 84.7 Å². The van der Waals surface area contributed by atoms with Crippen LogP contribution in [0.3, 0.4) is 0 Å². The van der Waals surface area contributed by atoms with Crippen LogP contribution in [0.15, 0.2) is 29.4 Å². The molecule has 3 aliphatic rings. The van der Waals surface area contributed by atoms with Crippen LogP contribution in [0.25, 0.3) is 0 Å². The summed E-state index contributed by atoms with van der Waals surface area (Å²) < 4.78 is 16.5. The molecule has 0 amide bonds. The fourth-order valence-electron chi connectivity index (χ4n) is 7.56. The number of likely N-dealkylation sites (N-methyl/N-ethyl adjacent to an activating group) is 1. The van der Waals surface area contributed by atoms with E-state index < -0.39 is 12.0 Å². The number of likely N-dealkylation sites (tertiary alicyclic amines) is 1. The number of nitrogens with zero attached hydrogens (tertiary/aromatic N) is 4. The van der Waals surface area contributed by atoms with Gasteiger partial charge in [0, 0.05) is 18.5 Å². The highest BCUT2D eigenvalue weighted by molar-refractivity contribution is 6.07. The quantitative estimate of drug-likeness (QED) is 0.418. The highest BCUT2D eigenvalue weighted by atomic mass is 19.1. The van der Waals surface area contributed by atoms with Crippen molar-refractivity contribution in [3.8, 4) is 0 Å². The van der Waals surface area contributed by atoms with Crippen LogP contribution in [0.4, 0.5) is 4.39 Å². The van der Waals surface area contributed by atoms with Gasteiger partial charge in [0.05, 0.1) is 11.6 Å². The van der Waals surface area contributed by atoms with Gasteiger partial charge in [-0.2, -0.15) is 0 Å². The van der Waals surface area contributed by atoms with Crippen LogP contribution in [0, 0.1) is 29.5 Å². The van der Waals surface area contributed by atoms with Crippen molar-refractivity contribution in [2.24, 2.45) is 28.8 Å². The molecule has 1 aromatic carbocycles. The average Bonchev–Trinajstić information content (AvgIpc) is 3.44. The van der Waals surface area contributed by atoms with E-state index in [1.54, 1.807) is 6.07 Å². The Labute approximate surface area is 228 Å². The number of halogens is 1. The summed E-state index contributed by atoms with van der Waals surface area (Å²) in [4.78, 5) is 16.7. The molecule has 2 aliphatic heterocycles. The lowest BCUT2D eigenvalue weighted by molar-refractivity contribution is -0.529. The molecule has 0 bridgehead atoms. The van der Waals surface area contributed by atoms with E-state index in [1.165, 1.54) is 17.5 Å². The topological polar surface area (TPSA) is 59.2 Å². The molecule has 1 aliphatic carbocycles. The number of hydrogen-bond donors (Lipinski definition) is 1. The van der Waals surface area contributed by atoms with Crippen molar-refractivity contribution >= 4 is 17.4 Å². The minimum absolute atomic E-state index is 0.0265.